The van der Waals surface area contributed by atoms with Crippen LogP contribution in [0.2, 0.25) is 0 Å². The van der Waals surface area contributed by atoms with Gasteiger partial charge in [0.1, 0.15) is 48.6 Å². The Hall–Kier alpha value is -6.30. The summed E-state index contributed by atoms with van der Waals surface area (Å²) < 4.78 is 5.31. The minimum atomic E-state index is -1.63. The molecule has 0 aromatic carbocycles. The van der Waals surface area contributed by atoms with Gasteiger partial charge < -0.3 is 49.5 Å². The summed E-state index contributed by atoms with van der Waals surface area (Å²) in [6, 6.07) is -9.95. The lowest BCUT2D eigenvalue weighted by Gasteiger charge is -2.41. The highest BCUT2D eigenvalue weighted by atomic mass is 16.6. The Bertz CT molecular complexity index is 2740. The van der Waals surface area contributed by atoms with Crippen LogP contribution in [0.1, 0.15) is 175 Å². The Morgan fingerprint density at radius 1 is 0.531 bits per heavy atom. The number of likely N-dealkylation sites (N-methyl/N-ethyl adjacent to an activating group) is 7. The van der Waals surface area contributed by atoms with Crippen LogP contribution in [0.5, 0.6) is 0 Å². The van der Waals surface area contributed by atoms with Gasteiger partial charge in [-0.05, 0) is 100 Å². The number of amides is 9. The van der Waals surface area contributed by atoms with Crippen molar-refractivity contribution in [3.63, 3.8) is 0 Å². The number of nitrogens with one attached hydrogen (secondary N) is 1. The molecule has 0 spiro atoms. The van der Waals surface area contributed by atoms with Crippen molar-refractivity contribution in [1.82, 2.24) is 49.4 Å². The molecular weight excluding hydrogens is 1230 g/mol. The Balaban J connectivity index is 2.33. The predicted molar refractivity (Wildman–Crippen MR) is 369 cm³/mol. The van der Waals surface area contributed by atoms with Gasteiger partial charge in [-0.3, -0.25) is 62.5 Å². The average Bonchev–Trinajstić information content (AvgIpc) is 0.844. The summed E-state index contributed by atoms with van der Waals surface area (Å²) in [5, 5.41) is 15.1. The van der Waals surface area contributed by atoms with E-state index in [1.165, 1.54) is 85.7 Å². The van der Waals surface area contributed by atoms with E-state index in [0.29, 0.717) is 39.0 Å². The Labute approximate surface area is 574 Å². The highest BCUT2D eigenvalue weighted by Crippen LogP contribution is 2.31. The Kier molecular flexibility index (Phi) is 32.9. The van der Waals surface area contributed by atoms with Crippen molar-refractivity contribution in [1.29, 1.82) is 0 Å². The molecule has 0 radical (unpaired) electrons. The molecule has 3 rings (SSSR count). The fourth-order valence-corrected chi connectivity index (χ4v) is 13.9. The molecule has 96 heavy (non-hydrogen) atoms. The summed E-state index contributed by atoms with van der Waals surface area (Å²) in [6.45, 7) is 32.6. The molecule has 3 fully saturated rings. The average molecular weight is 1350 g/mol. The maximum Gasteiger partial charge on any atom is 0.410 e. The number of carbonyl (C=O) groups is 12. The number of aliphatic hydroxyl groups excluding tert-OH is 1. The van der Waals surface area contributed by atoms with Gasteiger partial charge in [0.05, 0.1) is 24.2 Å². The Morgan fingerprint density at radius 2 is 1.03 bits per heavy atom. The van der Waals surface area contributed by atoms with Crippen LogP contribution in [0.15, 0.2) is 12.2 Å². The number of nitrogens with zero attached hydrogens (tertiary/aromatic N) is 9. The van der Waals surface area contributed by atoms with Crippen molar-refractivity contribution >= 4 is 70.7 Å². The molecule has 546 valence electrons. The summed E-state index contributed by atoms with van der Waals surface area (Å²) in [6.07, 6.45) is 2.19. The van der Waals surface area contributed by atoms with Crippen LogP contribution in [0, 0.1) is 59.2 Å². The number of hydrogen-bond donors (Lipinski definition) is 2. The number of aliphatic hydroxyl groups is 1. The van der Waals surface area contributed by atoms with Crippen LogP contribution in [-0.4, -0.2) is 263 Å². The van der Waals surface area contributed by atoms with E-state index in [1.807, 2.05) is 68.4 Å². The summed E-state index contributed by atoms with van der Waals surface area (Å²) >= 11 is 0. The van der Waals surface area contributed by atoms with E-state index in [4.69, 9.17) is 4.74 Å². The third-order valence-corrected chi connectivity index (χ3v) is 20.4. The maximum absolute atomic E-state index is 15.4. The van der Waals surface area contributed by atoms with Crippen LogP contribution in [0.3, 0.4) is 0 Å². The van der Waals surface area contributed by atoms with Gasteiger partial charge in [0.25, 0.3) is 0 Å². The van der Waals surface area contributed by atoms with Crippen molar-refractivity contribution in [2.24, 2.45) is 59.2 Å². The number of ketones is 3. The molecule has 1 unspecified atom stereocenters. The van der Waals surface area contributed by atoms with Gasteiger partial charge in [-0.15, -0.1) is 0 Å². The van der Waals surface area contributed by atoms with Crippen LogP contribution in [-0.2, 0) is 57.5 Å². The molecule has 0 bridgehead atoms. The second kappa shape index (κ2) is 37.6. The summed E-state index contributed by atoms with van der Waals surface area (Å²) in [7, 11) is 10.2. The smallest absolute Gasteiger partial charge is 0.410 e. The van der Waals surface area contributed by atoms with Crippen molar-refractivity contribution in [3.05, 3.63) is 12.2 Å². The molecule has 3 heterocycles. The molecule has 0 aliphatic carbocycles. The molecule has 2 N–H and O–H groups in total. The second-order valence-electron chi connectivity index (χ2n) is 30.2. The van der Waals surface area contributed by atoms with Gasteiger partial charge in [0.2, 0.25) is 47.3 Å². The summed E-state index contributed by atoms with van der Waals surface area (Å²) in [5.41, 5.74) is 0. The zero-order valence-corrected chi connectivity index (χ0v) is 62.9. The maximum atomic E-state index is 15.4. The molecular formula is C72H124N10O14. The number of hydrogen-bond acceptors (Lipinski definition) is 15. The van der Waals surface area contributed by atoms with Gasteiger partial charge >= 0.3 is 6.09 Å². The van der Waals surface area contributed by atoms with E-state index in [-0.39, 0.29) is 93.0 Å². The van der Waals surface area contributed by atoms with Gasteiger partial charge in [-0.25, -0.2) is 4.79 Å². The summed E-state index contributed by atoms with van der Waals surface area (Å²) in [4.78, 5) is 190. The van der Waals surface area contributed by atoms with Crippen LogP contribution < -0.4 is 5.32 Å². The topological polar surface area (TPSA) is 275 Å². The number of carbonyl (C=O) groups excluding carboxylic acids is 12. The quantitative estimate of drug-likeness (QED) is 0.157. The highest BCUT2D eigenvalue weighted by molar-refractivity contribution is 6.00. The first-order valence-electron chi connectivity index (χ1n) is 35.3. The van der Waals surface area contributed by atoms with Gasteiger partial charge in [0, 0.05) is 106 Å². The molecule has 0 aromatic rings. The van der Waals surface area contributed by atoms with Crippen LogP contribution in [0.25, 0.3) is 0 Å². The largest absolute Gasteiger partial charge is 0.447 e. The first-order valence-corrected chi connectivity index (χ1v) is 35.3. The van der Waals surface area contributed by atoms with Gasteiger partial charge in [-0.1, -0.05) is 116 Å². The van der Waals surface area contributed by atoms with Crippen molar-refractivity contribution in [3.8, 4) is 0 Å². The van der Waals surface area contributed by atoms with Crippen molar-refractivity contribution < 1.29 is 67.4 Å². The molecule has 9 amide bonds. The fraction of sp³-hybridized carbons (Fsp3) is 0.806. The molecule has 0 aromatic heterocycles. The number of piperazine rings is 1. The SMILES string of the molecule is C/C=C/C[C@@H](C)[C@@H](O)[C@H]1C(=O)N[C@@H](CC)C(=O)N(C)[C@H](C)C(=O)N(C)C([C@H](C)CCN2CCN3C(=O)OC[C@@H]3C2)C(=O)C[C@@H](C(C)C)C(=O)N(C)[C@@H](CC(C)C)C(=O)C[C@@H](C)C(=O)C[C@H](C)C(=O)N(C)[C@@H](CC(C)C)C(=O)N(C)[C@@H](CC(C)C)C(=O)N(C)[C@@H](C(C)C)C(=O)N1C. The number of allylic oxidation sites excluding steroid dienone is 2. The molecule has 3 aliphatic heterocycles. The molecule has 3 aliphatic rings. The van der Waals surface area contributed by atoms with Crippen LogP contribution in [0.4, 0.5) is 4.79 Å². The third-order valence-electron chi connectivity index (χ3n) is 20.4. The van der Waals surface area contributed by atoms with E-state index in [1.54, 1.807) is 59.4 Å². The molecule has 0 saturated carbocycles. The Morgan fingerprint density at radius 3 is 1.55 bits per heavy atom. The molecule has 24 nitrogen and oxygen atoms in total. The first kappa shape index (κ1) is 83.9. The number of Topliss-reactive ketones (excluding diaryl/α,β-unsaturated/α-hetero) is 3. The summed E-state index contributed by atoms with van der Waals surface area (Å²) in [5.74, 6) is -11.6. The van der Waals surface area contributed by atoms with E-state index in [9.17, 15) is 29.1 Å². The zero-order chi connectivity index (χ0) is 73.4. The van der Waals surface area contributed by atoms with E-state index in [2.05, 4.69) is 10.2 Å². The number of fused-ring (bicyclic) bond motifs is 1. The number of cyclic esters (lactones) is 1. The lowest BCUT2D eigenvalue weighted by atomic mass is 9.83. The molecule has 3 saturated heterocycles. The van der Waals surface area contributed by atoms with E-state index < -0.39 is 149 Å². The molecule has 15 atom stereocenters. The standard InChI is InChI=1S/C72H124N10O14/c1-25-27-28-47(14)63(86)62-64(87)73-53(26-2)68(91)74(18)50(17)66(89)79(23)61(46(13)29-30-81-31-32-82-51(39-81)40-96-72(82)95)59(85)38-52(44(9)10)67(90)75(19)54(33-41(3)4)58(84)36-48(15)57(83)37-49(16)65(88)76(20)55(34-42(5)6)69(92)77(21)56(35-43(7)8)70(93)78(22)60(45(11)12)71(94)80(62)24/h25,27,41-56,60-63,86H,26,28-40H2,1-24H3,(H,73,87)/b27-25+/t46-,47-,48-,49+,50-,51+,52+,53+,54+,55+,56+,60+,61?,62+,63-/m1/s1. The van der Waals surface area contributed by atoms with Gasteiger partial charge in [0.15, 0.2) is 11.6 Å². The monoisotopic (exact) mass is 1350 g/mol. The number of rotatable bonds is 17. The first-order chi connectivity index (χ1) is 44.6. The normalized spacial score (nSPS) is 29.0. The predicted octanol–water partition coefficient (Wildman–Crippen LogP) is 6.05. The lowest BCUT2D eigenvalue weighted by Crippen LogP contribution is -2.63. The zero-order valence-electron chi connectivity index (χ0n) is 62.9. The van der Waals surface area contributed by atoms with Gasteiger partial charge in [-0.2, -0.15) is 0 Å². The second-order valence-corrected chi connectivity index (χ2v) is 30.2. The van der Waals surface area contributed by atoms with Crippen LogP contribution >= 0.6 is 0 Å². The van der Waals surface area contributed by atoms with Crippen molar-refractivity contribution in [2.75, 3.05) is 82.1 Å². The van der Waals surface area contributed by atoms with E-state index in [0.717, 1.165) is 4.90 Å². The van der Waals surface area contributed by atoms with E-state index >= 15 is 33.6 Å². The fourth-order valence-electron chi connectivity index (χ4n) is 13.9. The lowest BCUT2D eigenvalue weighted by molar-refractivity contribution is -0.157. The van der Waals surface area contributed by atoms with Crippen molar-refractivity contribution in [2.45, 2.75) is 236 Å². The third kappa shape index (κ3) is 21.6. The highest BCUT2D eigenvalue weighted by Gasteiger charge is 2.47. The number of ether oxygens (including phenoxy) is 1. The minimum Gasteiger partial charge on any atom is -0.447 e. The molecule has 24 heteroatoms. The minimum absolute atomic E-state index is 0.00396.